The van der Waals surface area contributed by atoms with Crippen molar-refractivity contribution in [3.8, 4) is 0 Å². The number of anilines is 2. The second kappa shape index (κ2) is 6.24. The molecule has 0 spiro atoms. The van der Waals surface area contributed by atoms with Crippen LogP contribution in [0.2, 0.25) is 0 Å². The number of aromatic amines is 1. The number of aromatic nitrogens is 2. The first-order valence-electron chi connectivity index (χ1n) is 7.80. The summed E-state index contributed by atoms with van der Waals surface area (Å²) in [7, 11) is 0. The molecule has 6 nitrogen and oxygen atoms in total. The first-order valence-corrected chi connectivity index (χ1v) is 7.80. The van der Waals surface area contributed by atoms with E-state index < -0.39 is 0 Å². The highest BCUT2D eigenvalue weighted by molar-refractivity contribution is 5.98. The number of rotatable bonds is 3. The maximum absolute atomic E-state index is 12.8. The van der Waals surface area contributed by atoms with Crippen molar-refractivity contribution in [2.45, 2.75) is 32.9 Å². The number of para-hydroxylation sites is 1. The Bertz CT molecular complexity index is 771. The van der Waals surface area contributed by atoms with Crippen LogP contribution in [0.1, 0.15) is 25.8 Å². The van der Waals surface area contributed by atoms with Gasteiger partial charge in [-0.05, 0) is 17.5 Å². The monoisotopic (exact) mass is 312 g/mol. The largest absolute Gasteiger partial charge is 0.340 e. The van der Waals surface area contributed by atoms with Crippen LogP contribution in [-0.4, -0.2) is 21.9 Å². The molecule has 1 aliphatic rings. The summed E-state index contributed by atoms with van der Waals surface area (Å²) in [6, 6.07) is 8.79. The number of hydrogen-bond donors (Lipinski definition) is 2. The van der Waals surface area contributed by atoms with Gasteiger partial charge < -0.3 is 15.2 Å². The van der Waals surface area contributed by atoms with Crippen molar-refractivity contribution in [3.05, 3.63) is 52.6 Å². The van der Waals surface area contributed by atoms with Crippen LogP contribution in [0.4, 0.5) is 11.5 Å². The minimum Gasteiger partial charge on any atom is -0.340 e. The fraction of sp³-hybridized carbons (Fsp3) is 0.353. The molecule has 120 valence electrons. The molecule has 0 aliphatic carbocycles. The number of nitrogens with zero attached hydrogens (tertiary/aromatic N) is 2. The summed E-state index contributed by atoms with van der Waals surface area (Å²) < 4.78 is 0. The van der Waals surface area contributed by atoms with Crippen molar-refractivity contribution >= 4 is 17.4 Å². The van der Waals surface area contributed by atoms with E-state index in [4.69, 9.17) is 0 Å². The molecule has 2 aromatic rings. The van der Waals surface area contributed by atoms with E-state index in [1.54, 1.807) is 0 Å². The van der Waals surface area contributed by atoms with Crippen LogP contribution in [0.5, 0.6) is 0 Å². The van der Waals surface area contributed by atoms with Gasteiger partial charge in [0.2, 0.25) is 5.91 Å². The molecule has 0 saturated heterocycles. The second-order valence-electron chi connectivity index (χ2n) is 5.87. The zero-order valence-corrected chi connectivity index (χ0v) is 13.2. The van der Waals surface area contributed by atoms with E-state index in [9.17, 15) is 9.59 Å². The summed E-state index contributed by atoms with van der Waals surface area (Å²) >= 11 is 0. The van der Waals surface area contributed by atoms with Crippen molar-refractivity contribution in [2.24, 2.45) is 5.92 Å². The van der Waals surface area contributed by atoms with Crippen molar-refractivity contribution in [3.63, 3.8) is 0 Å². The lowest BCUT2D eigenvalue weighted by Gasteiger charge is -2.33. The van der Waals surface area contributed by atoms with Crippen molar-refractivity contribution < 1.29 is 4.79 Å². The highest BCUT2D eigenvalue weighted by atomic mass is 16.2. The number of nitrogens with one attached hydrogen (secondary N) is 2. The van der Waals surface area contributed by atoms with Gasteiger partial charge in [-0.3, -0.25) is 9.59 Å². The molecule has 1 amide bonds. The van der Waals surface area contributed by atoms with E-state index in [2.05, 4.69) is 22.2 Å². The Balaban J connectivity index is 2.10. The average molecular weight is 312 g/mol. The molecule has 1 unspecified atom stereocenters. The number of benzene rings is 1. The van der Waals surface area contributed by atoms with Crippen LogP contribution < -0.4 is 15.8 Å². The lowest BCUT2D eigenvalue weighted by Crippen LogP contribution is -2.46. The van der Waals surface area contributed by atoms with Crippen molar-refractivity contribution in [2.75, 3.05) is 10.2 Å². The van der Waals surface area contributed by atoms with Crippen LogP contribution in [0, 0.1) is 5.92 Å². The van der Waals surface area contributed by atoms with E-state index in [0.29, 0.717) is 12.4 Å². The minimum absolute atomic E-state index is 0.0635. The van der Waals surface area contributed by atoms with Gasteiger partial charge in [-0.2, -0.15) is 0 Å². The Labute approximate surface area is 134 Å². The third-order valence-corrected chi connectivity index (χ3v) is 4.36. The van der Waals surface area contributed by atoms with Gasteiger partial charge >= 0.3 is 0 Å². The van der Waals surface area contributed by atoms with Gasteiger partial charge in [-0.15, -0.1) is 0 Å². The summed E-state index contributed by atoms with van der Waals surface area (Å²) in [4.78, 5) is 33.2. The van der Waals surface area contributed by atoms with E-state index in [-0.39, 0.29) is 23.4 Å². The zero-order chi connectivity index (χ0) is 16.4. The SMILES string of the molecule is CC[C@H](C)C1C(=O)Nc2ccccc2CN1c1cc(=O)[nH]cn1. The molecule has 23 heavy (non-hydrogen) atoms. The highest BCUT2D eigenvalue weighted by Gasteiger charge is 2.34. The second-order valence-corrected chi connectivity index (χ2v) is 5.87. The summed E-state index contributed by atoms with van der Waals surface area (Å²) in [6.07, 6.45) is 2.23. The van der Waals surface area contributed by atoms with Crippen LogP contribution in [0.15, 0.2) is 41.5 Å². The Morgan fingerprint density at radius 1 is 1.35 bits per heavy atom. The van der Waals surface area contributed by atoms with Crippen molar-refractivity contribution in [1.29, 1.82) is 0 Å². The summed E-state index contributed by atoms with van der Waals surface area (Å²) in [5, 5.41) is 3.01. The lowest BCUT2D eigenvalue weighted by molar-refractivity contribution is -0.118. The summed E-state index contributed by atoms with van der Waals surface area (Å²) in [6.45, 7) is 4.63. The molecule has 1 aromatic heterocycles. The Morgan fingerprint density at radius 3 is 2.87 bits per heavy atom. The molecule has 2 N–H and O–H groups in total. The van der Waals surface area contributed by atoms with E-state index >= 15 is 0 Å². The smallest absolute Gasteiger partial charge is 0.252 e. The predicted octanol–water partition coefficient (Wildman–Crippen LogP) is 2.14. The van der Waals surface area contributed by atoms with Gasteiger partial charge in [0.15, 0.2) is 0 Å². The third-order valence-electron chi connectivity index (χ3n) is 4.36. The van der Waals surface area contributed by atoms with Gasteiger partial charge in [-0.1, -0.05) is 38.5 Å². The van der Waals surface area contributed by atoms with Gasteiger partial charge in [0, 0.05) is 18.3 Å². The van der Waals surface area contributed by atoms with Crippen molar-refractivity contribution in [1.82, 2.24) is 9.97 Å². The highest BCUT2D eigenvalue weighted by Crippen LogP contribution is 2.29. The molecule has 6 heteroatoms. The molecule has 2 atom stereocenters. The Kier molecular flexibility index (Phi) is 4.14. The Morgan fingerprint density at radius 2 is 2.13 bits per heavy atom. The topological polar surface area (TPSA) is 78.1 Å². The number of fused-ring (bicyclic) bond motifs is 1. The fourth-order valence-corrected chi connectivity index (χ4v) is 2.94. The first kappa shape index (κ1) is 15.3. The van der Waals surface area contributed by atoms with E-state index in [0.717, 1.165) is 17.7 Å². The predicted molar refractivity (Wildman–Crippen MR) is 89.4 cm³/mol. The Hall–Kier alpha value is -2.63. The number of H-pyrrole nitrogens is 1. The molecule has 0 saturated carbocycles. The van der Waals surface area contributed by atoms with Crippen LogP contribution in [0.3, 0.4) is 0 Å². The standard InChI is InChI=1S/C17H20N4O2/c1-3-11(2)16-17(23)20-13-7-5-4-6-12(13)9-21(16)14-8-15(22)19-10-18-14/h4-8,10-11,16H,3,9H2,1-2H3,(H,20,23)(H,18,19,22)/t11-,16?/m0/s1. The van der Waals surface area contributed by atoms with Gasteiger partial charge in [0.05, 0.1) is 6.33 Å². The van der Waals surface area contributed by atoms with Gasteiger partial charge in [0.25, 0.3) is 5.56 Å². The number of hydrogen-bond acceptors (Lipinski definition) is 4. The fourth-order valence-electron chi connectivity index (χ4n) is 2.94. The molecule has 1 aromatic carbocycles. The number of amides is 1. The van der Waals surface area contributed by atoms with Crippen LogP contribution >= 0.6 is 0 Å². The normalized spacial score (nSPS) is 18.8. The molecular weight excluding hydrogens is 292 g/mol. The summed E-state index contributed by atoms with van der Waals surface area (Å²) in [5.41, 5.74) is 1.60. The quantitative estimate of drug-likeness (QED) is 0.910. The zero-order valence-electron chi connectivity index (χ0n) is 13.2. The van der Waals surface area contributed by atoms with E-state index in [1.165, 1.54) is 12.4 Å². The number of carbonyl (C=O) groups is 1. The third kappa shape index (κ3) is 2.97. The summed E-state index contributed by atoms with van der Waals surface area (Å²) in [5.74, 6) is 0.586. The molecule has 0 fully saturated rings. The lowest BCUT2D eigenvalue weighted by atomic mass is 9.96. The van der Waals surface area contributed by atoms with Crippen LogP contribution in [-0.2, 0) is 11.3 Å². The number of carbonyl (C=O) groups excluding carboxylic acids is 1. The first-order chi connectivity index (χ1) is 11.1. The minimum atomic E-state index is -0.373. The molecule has 0 radical (unpaired) electrons. The van der Waals surface area contributed by atoms with Gasteiger partial charge in [-0.25, -0.2) is 4.98 Å². The van der Waals surface area contributed by atoms with Gasteiger partial charge in [0.1, 0.15) is 11.9 Å². The molecule has 1 aliphatic heterocycles. The maximum Gasteiger partial charge on any atom is 0.252 e. The molecule has 3 rings (SSSR count). The average Bonchev–Trinajstić information content (AvgIpc) is 2.70. The van der Waals surface area contributed by atoms with E-state index in [1.807, 2.05) is 36.1 Å². The maximum atomic E-state index is 12.8. The molecular formula is C17H20N4O2. The molecule has 2 heterocycles. The molecule has 0 bridgehead atoms. The van der Waals surface area contributed by atoms with Crippen LogP contribution in [0.25, 0.3) is 0 Å².